The van der Waals surface area contributed by atoms with Gasteiger partial charge in [-0.1, -0.05) is 13.3 Å². The molecular weight excluding hydrogens is 132 g/mol. The molecule has 2 bridgehead atoms. The molecule has 4 fully saturated rings. The van der Waals surface area contributed by atoms with E-state index in [-0.39, 0.29) is 0 Å². The fourth-order valence-corrected chi connectivity index (χ4v) is 4.08. The van der Waals surface area contributed by atoms with E-state index in [2.05, 4.69) is 6.92 Å². The minimum absolute atomic E-state index is 1.14. The molecule has 0 aromatic rings. The van der Waals surface area contributed by atoms with Crippen LogP contribution in [0.1, 0.15) is 39.0 Å². The molecule has 4 rings (SSSR count). The lowest BCUT2D eigenvalue weighted by atomic mass is 9.45. The molecule has 62 valence electrons. The Morgan fingerprint density at radius 2 is 1.64 bits per heavy atom. The van der Waals surface area contributed by atoms with Crippen LogP contribution < -0.4 is 0 Å². The summed E-state index contributed by atoms with van der Waals surface area (Å²) in [7, 11) is 0. The van der Waals surface area contributed by atoms with Crippen LogP contribution in [0.15, 0.2) is 0 Å². The van der Waals surface area contributed by atoms with Gasteiger partial charge >= 0.3 is 0 Å². The summed E-state index contributed by atoms with van der Waals surface area (Å²) in [4.78, 5) is 0. The zero-order chi connectivity index (χ0) is 7.42. The monoisotopic (exact) mass is 150 g/mol. The SMILES string of the molecule is CCC1CC2CC3CC(C3)[C@H]12. The summed E-state index contributed by atoms with van der Waals surface area (Å²) >= 11 is 0. The maximum Gasteiger partial charge on any atom is -0.0329 e. The summed E-state index contributed by atoms with van der Waals surface area (Å²) in [5.74, 6) is 5.91. The molecule has 0 amide bonds. The fourth-order valence-electron chi connectivity index (χ4n) is 4.08. The topological polar surface area (TPSA) is 0 Å². The van der Waals surface area contributed by atoms with Crippen LogP contribution in [0.4, 0.5) is 0 Å². The van der Waals surface area contributed by atoms with Crippen molar-refractivity contribution in [2.45, 2.75) is 39.0 Å². The van der Waals surface area contributed by atoms with Crippen molar-refractivity contribution in [1.29, 1.82) is 0 Å². The molecule has 0 heterocycles. The molecule has 0 heteroatoms. The predicted molar refractivity (Wildman–Crippen MR) is 46.2 cm³/mol. The highest BCUT2D eigenvalue weighted by Crippen LogP contribution is 2.62. The van der Waals surface area contributed by atoms with Gasteiger partial charge in [0.15, 0.2) is 0 Å². The largest absolute Gasteiger partial charge is 0.0651 e. The standard InChI is InChI=1S/C11H18/c1-2-8-6-10-5-7-3-9(4-7)11(8)10/h7-11H,2-6H2,1H3/t7?,8?,9?,10?,11-/m0/s1. The Balaban J connectivity index is 1.75. The Labute approximate surface area is 69.4 Å². The first-order valence-corrected chi connectivity index (χ1v) is 5.38. The van der Waals surface area contributed by atoms with Crippen molar-refractivity contribution in [3.63, 3.8) is 0 Å². The highest BCUT2D eigenvalue weighted by Gasteiger charge is 2.53. The van der Waals surface area contributed by atoms with Crippen molar-refractivity contribution in [1.82, 2.24) is 0 Å². The van der Waals surface area contributed by atoms with Gasteiger partial charge < -0.3 is 0 Å². The Kier molecular flexibility index (Phi) is 1.20. The molecule has 4 aliphatic carbocycles. The summed E-state index contributed by atoms with van der Waals surface area (Å²) < 4.78 is 0. The predicted octanol–water partition coefficient (Wildman–Crippen LogP) is 3.08. The second-order valence-electron chi connectivity index (χ2n) is 5.07. The van der Waals surface area contributed by atoms with Crippen LogP contribution in [0, 0.1) is 29.6 Å². The third-order valence-corrected chi connectivity index (χ3v) is 4.67. The molecule has 0 N–H and O–H groups in total. The van der Waals surface area contributed by atoms with E-state index in [1.807, 2.05) is 0 Å². The van der Waals surface area contributed by atoms with Gasteiger partial charge in [0.05, 0.1) is 0 Å². The molecule has 0 aromatic heterocycles. The van der Waals surface area contributed by atoms with E-state index >= 15 is 0 Å². The minimum Gasteiger partial charge on any atom is -0.0651 e. The first-order valence-electron chi connectivity index (χ1n) is 5.38. The van der Waals surface area contributed by atoms with Crippen LogP contribution >= 0.6 is 0 Å². The zero-order valence-electron chi connectivity index (χ0n) is 7.42. The quantitative estimate of drug-likeness (QED) is 0.539. The molecule has 0 saturated heterocycles. The smallest absolute Gasteiger partial charge is 0.0329 e. The van der Waals surface area contributed by atoms with Crippen molar-refractivity contribution >= 4 is 0 Å². The van der Waals surface area contributed by atoms with Gasteiger partial charge in [-0.25, -0.2) is 0 Å². The summed E-state index contributed by atoms with van der Waals surface area (Å²) in [5, 5.41) is 0. The van der Waals surface area contributed by atoms with Crippen LogP contribution in [0.3, 0.4) is 0 Å². The summed E-state index contributed by atoms with van der Waals surface area (Å²) in [6, 6.07) is 0. The maximum atomic E-state index is 2.38. The van der Waals surface area contributed by atoms with Gasteiger partial charge in [-0.3, -0.25) is 0 Å². The van der Waals surface area contributed by atoms with Crippen LogP contribution in [0.25, 0.3) is 0 Å². The maximum absolute atomic E-state index is 2.38. The van der Waals surface area contributed by atoms with Crippen LogP contribution in [0.5, 0.6) is 0 Å². The van der Waals surface area contributed by atoms with E-state index in [1.165, 1.54) is 30.1 Å². The second kappa shape index (κ2) is 2.02. The average molecular weight is 150 g/mol. The van der Waals surface area contributed by atoms with Crippen molar-refractivity contribution in [2.75, 3.05) is 0 Å². The number of hydrogen-bond donors (Lipinski definition) is 0. The average Bonchev–Trinajstić information content (AvgIpc) is 1.88. The van der Waals surface area contributed by atoms with Crippen LogP contribution in [0.2, 0.25) is 0 Å². The van der Waals surface area contributed by atoms with Crippen LogP contribution in [-0.2, 0) is 0 Å². The molecule has 11 heavy (non-hydrogen) atoms. The minimum atomic E-state index is 1.14. The molecule has 0 aromatic carbocycles. The lowest BCUT2D eigenvalue weighted by molar-refractivity contribution is -0.108. The van der Waals surface area contributed by atoms with Crippen molar-refractivity contribution < 1.29 is 0 Å². The van der Waals surface area contributed by atoms with E-state index in [9.17, 15) is 0 Å². The molecule has 0 spiro atoms. The lowest BCUT2D eigenvalue weighted by Gasteiger charge is -2.60. The third kappa shape index (κ3) is 0.711. The lowest BCUT2D eigenvalue weighted by Crippen LogP contribution is -2.52. The Hall–Kier alpha value is 0. The summed E-state index contributed by atoms with van der Waals surface area (Å²) in [6.07, 6.45) is 7.88. The van der Waals surface area contributed by atoms with E-state index in [0.29, 0.717) is 0 Å². The molecule has 0 nitrogen and oxygen atoms in total. The van der Waals surface area contributed by atoms with Crippen molar-refractivity contribution in [2.24, 2.45) is 29.6 Å². The fraction of sp³-hybridized carbons (Fsp3) is 1.00. The zero-order valence-corrected chi connectivity index (χ0v) is 7.42. The number of rotatable bonds is 1. The molecule has 0 aliphatic heterocycles. The van der Waals surface area contributed by atoms with Gasteiger partial charge in [0.2, 0.25) is 0 Å². The van der Waals surface area contributed by atoms with E-state index in [1.54, 1.807) is 25.7 Å². The van der Waals surface area contributed by atoms with Crippen molar-refractivity contribution in [3.05, 3.63) is 0 Å². The molecular formula is C11H18. The molecule has 4 aliphatic rings. The van der Waals surface area contributed by atoms with Gasteiger partial charge in [-0.15, -0.1) is 0 Å². The molecule has 0 radical (unpaired) electrons. The van der Waals surface area contributed by atoms with Gasteiger partial charge in [0.25, 0.3) is 0 Å². The van der Waals surface area contributed by atoms with Gasteiger partial charge in [0.1, 0.15) is 0 Å². The number of hydrogen-bond acceptors (Lipinski definition) is 0. The highest BCUT2D eigenvalue weighted by molar-refractivity contribution is 5.03. The van der Waals surface area contributed by atoms with Crippen molar-refractivity contribution in [3.8, 4) is 0 Å². The van der Waals surface area contributed by atoms with E-state index in [0.717, 1.165) is 5.92 Å². The van der Waals surface area contributed by atoms with Crippen LogP contribution in [-0.4, -0.2) is 0 Å². The Morgan fingerprint density at radius 1 is 1.00 bits per heavy atom. The third-order valence-electron chi connectivity index (χ3n) is 4.67. The van der Waals surface area contributed by atoms with Gasteiger partial charge in [0, 0.05) is 0 Å². The summed E-state index contributed by atoms with van der Waals surface area (Å²) in [5.41, 5.74) is 0. The summed E-state index contributed by atoms with van der Waals surface area (Å²) in [6.45, 7) is 2.38. The first kappa shape index (κ1) is 6.51. The molecule has 3 atom stereocenters. The van der Waals surface area contributed by atoms with Gasteiger partial charge in [-0.05, 0) is 55.3 Å². The molecule has 2 unspecified atom stereocenters. The van der Waals surface area contributed by atoms with E-state index in [4.69, 9.17) is 0 Å². The normalized spacial score (nSPS) is 59.2. The first-order chi connectivity index (χ1) is 5.38. The molecule has 4 saturated carbocycles. The Bertz CT molecular complexity index is 160. The highest BCUT2D eigenvalue weighted by atomic mass is 14.6. The van der Waals surface area contributed by atoms with E-state index < -0.39 is 0 Å². The van der Waals surface area contributed by atoms with Gasteiger partial charge in [-0.2, -0.15) is 0 Å². The second-order valence-corrected chi connectivity index (χ2v) is 5.07. The Morgan fingerprint density at radius 3 is 2.18 bits per heavy atom.